The second kappa shape index (κ2) is 5.12. The van der Waals surface area contributed by atoms with Gasteiger partial charge < -0.3 is 10.2 Å². The highest BCUT2D eigenvalue weighted by Crippen LogP contribution is 2.32. The average Bonchev–Trinajstić information content (AvgIpc) is 2.45. The standard InChI is InChI=1S/C16H16F2N2/c1-11-9-19-15-7-2-3-8-16(15)20(11)10-12-13(17)5-4-6-14(12)18/h2-8,11,19H,9-10H2,1H3. The van der Waals surface area contributed by atoms with Crippen LogP contribution in [0, 0.1) is 11.6 Å². The Bertz CT molecular complexity index is 607. The van der Waals surface area contributed by atoms with E-state index >= 15 is 0 Å². The predicted octanol–water partition coefficient (Wildman–Crippen LogP) is 3.79. The average molecular weight is 274 g/mol. The van der Waals surface area contributed by atoms with Gasteiger partial charge in [-0.2, -0.15) is 0 Å². The number of anilines is 2. The highest BCUT2D eigenvalue weighted by Gasteiger charge is 2.24. The van der Waals surface area contributed by atoms with Crippen molar-refractivity contribution in [3.05, 3.63) is 59.7 Å². The van der Waals surface area contributed by atoms with Crippen LogP contribution in [0.3, 0.4) is 0 Å². The first kappa shape index (κ1) is 12.9. The van der Waals surface area contributed by atoms with Gasteiger partial charge in [-0.3, -0.25) is 0 Å². The maximum atomic E-state index is 13.8. The largest absolute Gasteiger partial charge is 0.381 e. The Morgan fingerprint density at radius 3 is 2.55 bits per heavy atom. The second-order valence-corrected chi connectivity index (χ2v) is 5.08. The summed E-state index contributed by atoms with van der Waals surface area (Å²) in [5.74, 6) is -0.985. The Morgan fingerprint density at radius 1 is 1.10 bits per heavy atom. The zero-order valence-corrected chi connectivity index (χ0v) is 11.2. The van der Waals surface area contributed by atoms with E-state index in [-0.39, 0.29) is 18.2 Å². The third-order valence-corrected chi connectivity index (χ3v) is 3.72. The number of hydrogen-bond acceptors (Lipinski definition) is 2. The van der Waals surface area contributed by atoms with Crippen molar-refractivity contribution in [3.63, 3.8) is 0 Å². The molecule has 0 aromatic heterocycles. The molecule has 4 heteroatoms. The van der Waals surface area contributed by atoms with Crippen molar-refractivity contribution in [3.8, 4) is 0 Å². The molecular weight excluding hydrogens is 258 g/mol. The Kier molecular flexibility index (Phi) is 3.30. The maximum Gasteiger partial charge on any atom is 0.131 e. The first-order valence-corrected chi connectivity index (χ1v) is 6.69. The number of rotatable bonds is 2. The fourth-order valence-electron chi connectivity index (χ4n) is 2.57. The van der Waals surface area contributed by atoms with Crippen molar-refractivity contribution in [1.29, 1.82) is 0 Å². The second-order valence-electron chi connectivity index (χ2n) is 5.08. The molecule has 2 aromatic rings. The van der Waals surface area contributed by atoms with Crippen LogP contribution in [0.25, 0.3) is 0 Å². The van der Waals surface area contributed by atoms with Gasteiger partial charge in [0.2, 0.25) is 0 Å². The Hall–Kier alpha value is -2.10. The number of nitrogens with zero attached hydrogens (tertiary/aromatic N) is 1. The summed E-state index contributed by atoms with van der Waals surface area (Å²) in [6, 6.07) is 12.0. The Morgan fingerprint density at radius 2 is 1.80 bits per heavy atom. The third kappa shape index (κ3) is 2.22. The molecule has 1 aliphatic heterocycles. The van der Waals surface area contributed by atoms with E-state index in [2.05, 4.69) is 5.32 Å². The molecule has 2 nitrogen and oxygen atoms in total. The van der Waals surface area contributed by atoms with Crippen molar-refractivity contribution in [1.82, 2.24) is 0 Å². The molecule has 1 heterocycles. The van der Waals surface area contributed by atoms with Gasteiger partial charge in [0.15, 0.2) is 0 Å². The molecule has 20 heavy (non-hydrogen) atoms. The first-order chi connectivity index (χ1) is 9.66. The molecule has 0 saturated heterocycles. The molecule has 0 fully saturated rings. The van der Waals surface area contributed by atoms with Crippen LogP contribution in [-0.2, 0) is 6.54 Å². The summed E-state index contributed by atoms with van der Waals surface area (Å²) < 4.78 is 27.7. The number of hydrogen-bond donors (Lipinski definition) is 1. The third-order valence-electron chi connectivity index (χ3n) is 3.72. The monoisotopic (exact) mass is 274 g/mol. The minimum atomic E-state index is -0.492. The van der Waals surface area contributed by atoms with Crippen LogP contribution < -0.4 is 10.2 Å². The maximum absolute atomic E-state index is 13.8. The summed E-state index contributed by atoms with van der Waals surface area (Å²) in [6.45, 7) is 3.03. The van der Waals surface area contributed by atoms with E-state index in [0.29, 0.717) is 0 Å². The lowest BCUT2D eigenvalue weighted by Crippen LogP contribution is -2.41. The van der Waals surface area contributed by atoms with E-state index in [0.717, 1.165) is 17.9 Å². The van der Waals surface area contributed by atoms with Gasteiger partial charge in [-0.25, -0.2) is 8.78 Å². The van der Waals surface area contributed by atoms with Gasteiger partial charge in [0, 0.05) is 24.7 Å². The molecule has 0 saturated carbocycles. The lowest BCUT2D eigenvalue weighted by Gasteiger charge is -2.37. The lowest BCUT2D eigenvalue weighted by molar-refractivity contribution is 0.537. The van der Waals surface area contributed by atoms with Gasteiger partial charge in [-0.05, 0) is 31.2 Å². The number of para-hydroxylation sites is 2. The van der Waals surface area contributed by atoms with Crippen molar-refractivity contribution in [2.75, 3.05) is 16.8 Å². The molecule has 104 valence electrons. The highest BCUT2D eigenvalue weighted by molar-refractivity contribution is 5.72. The molecular formula is C16H16F2N2. The summed E-state index contributed by atoms with van der Waals surface area (Å²) in [5.41, 5.74) is 2.10. The minimum absolute atomic E-state index is 0.121. The van der Waals surface area contributed by atoms with Crippen LogP contribution in [0.4, 0.5) is 20.2 Å². The summed E-state index contributed by atoms with van der Waals surface area (Å²) >= 11 is 0. The Balaban J connectivity index is 1.98. The molecule has 0 aliphatic carbocycles. The van der Waals surface area contributed by atoms with Crippen molar-refractivity contribution in [2.24, 2.45) is 0 Å². The smallest absolute Gasteiger partial charge is 0.131 e. The van der Waals surface area contributed by atoms with Crippen LogP contribution in [0.2, 0.25) is 0 Å². The molecule has 0 spiro atoms. The molecule has 3 rings (SSSR count). The Labute approximate surface area is 117 Å². The van der Waals surface area contributed by atoms with Crippen LogP contribution in [0.15, 0.2) is 42.5 Å². The van der Waals surface area contributed by atoms with Crippen LogP contribution >= 0.6 is 0 Å². The predicted molar refractivity (Wildman–Crippen MR) is 76.9 cm³/mol. The fraction of sp³-hybridized carbons (Fsp3) is 0.250. The molecule has 0 radical (unpaired) electrons. The molecule has 2 aromatic carbocycles. The normalized spacial score (nSPS) is 17.6. The van der Waals surface area contributed by atoms with E-state index in [9.17, 15) is 8.78 Å². The SMILES string of the molecule is CC1CNc2ccccc2N1Cc1c(F)cccc1F. The minimum Gasteiger partial charge on any atom is -0.381 e. The summed E-state index contributed by atoms with van der Waals surface area (Å²) in [6.07, 6.45) is 0. The number of benzene rings is 2. The van der Waals surface area contributed by atoms with Gasteiger partial charge in [0.25, 0.3) is 0 Å². The summed E-state index contributed by atoms with van der Waals surface area (Å²) in [7, 11) is 0. The highest BCUT2D eigenvalue weighted by atomic mass is 19.1. The molecule has 1 aliphatic rings. The topological polar surface area (TPSA) is 15.3 Å². The van der Waals surface area contributed by atoms with Crippen LogP contribution in [-0.4, -0.2) is 12.6 Å². The lowest BCUT2D eigenvalue weighted by atomic mass is 10.1. The van der Waals surface area contributed by atoms with Gasteiger partial charge in [-0.15, -0.1) is 0 Å². The molecule has 1 unspecified atom stereocenters. The van der Waals surface area contributed by atoms with E-state index in [1.165, 1.54) is 18.2 Å². The van der Waals surface area contributed by atoms with Crippen LogP contribution in [0.5, 0.6) is 0 Å². The van der Waals surface area contributed by atoms with Gasteiger partial charge in [-0.1, -0.05) is 18.2 Å². The van der Waals surface area contributed by atoms with Gasteiger partial charge >= 0.3 is 0 Å². The summed E-state index contributed by atoms with van der Waals surface area (Å²) in [4.78, 5) is 2.04. The summed E-state index contributed by atoms with van der Waals surface area (Å²) in [5, 5.41) is 3.33. The van der Waals surface area contributed by atoms with Gasteiger partial charge in [0.1, 0.15) is 11.6 Å². The number of halogens is 2. The molecule has 1 N–H and O–H groups in total. The quantitative estimate of drug-likeness (QED) is 0.896. The number of fused-ring (bicyclic) bond motifs is 1. The van der Waals surface area contributed by atoms with E-state index in [1.807, 2.05) is 36.1 Å². The molecule has 0 bridgehead atoms. The number of nitrogens with one attached hydrogen (secondary N) is 1. The van der Waals surface area contributed by atoms with E-state index in [1.54, 1.807) is 0 Å². The first-order valence-electron chi connectivity index (χ1n) is 6.69. The molecule has 0 amide bonds. The fourth-order valence-corrected chi connectivity index (χ4v) is 2.57. The molecule has 1 atom stereocenters. The van der Waals surface area contributed by atoms with Gasteiger partial charge in [0.05, 0.1) is 11.4 Å². The van der Waals surface area contributed by atoms with Crippen molar-refractivity contribution < 1.29 is 8.78 Å². The van der Waals surface area contributed by atoms with E-state index in [4.69, 9.17) is 0 Å². The van der Waals surface area contributed by atoms with Crippen LogP contribution in [0.1, 0.15) is 12.5 Å². The zero-order valence-electron chi connectivity index (χ0n) is 11.2. The van der Waals surface area contributed by atoms with Crippen molar-refractivity contribution >= 4 is 11.4 Å². The van der Waals surface area contributed by atoms with Crippen molar-refractivity contribution in [2.45, 2.75) is 19.5 Å². The zero-order chi connectivity index (χ0) is 14.1. The van der Waals surface area contributed by atoms with E-state index < -0.39 is 11.6 Å².